The molecule has 0 radical (unpaired) electrons. The molecule has 15 heavy (non-hydrogen) atoms. The second kappa shape index (κ2) is 5.71. The van der Waals surface area contributed by atoms with Gasteiger partial charge in [0.15, 0.2) is 0 Å². The van der Waals surface area contributed by atoms with E-state index >= 15 is 0 Å². The zero-order chi connectivity index (χ0) is 10.8. The Balaban J connectivity index is 0.00000196. The predicted molar refractivity (Wildman–Crippen MR) is 48.4 cm³/mol. The van der Waals surface area contributed by atoms with E-state index < -0.39 is 13.4 Å². The minimum absolute atomic E-state index is 0. The molecule has 1 unspecified atom stereocenters. The van der Waals surface area contributed by atoms with Crippen molar-refractivity contribution < 1.29 is 53.0 Å². The Morgan fingerprint density at radius 1 is 1.60 bits per heavy atom. The molecular formula is C8H14NaO5P. The first-order valence-electron chi connectivity index (χ1n) is 4.35. The van der Waals surface area contributed by atoms with Crippen LogP contribution in [0.3, 0.4) is 0 Å². The fraction of sp³-hybridized carbons (Fsp3) is 0.750. The number of ether oxygens (including phenoxy) is 2. The van der Waals surface area contributed by atoms with E-state index in [2.05, 4.69) is 4.52 Å². The Hall–Kier alpha value is 0.490. The maximum absolute atomic E-state index is 11.2. The molecule has 82 valence electrons. The second-order valence-electron chi connectivity index (χ2n) is 3.39. The van der Waals surface area contributed by atoms with Gasteiger partial charge in [-0.1, -0.05) is 0 Å². The molecule has 0 fully saturated rings. The SMILES string of the molecule is CCOP(=O)([O-])CC1=COC(C)(C)O1.[Na+]. The van der Waals surface area contributed by atoms with Gasteiger partial charge >= 0.3 is 29.6 Å². The molecule has 0 saturated heterocycles. The van der Waals surface area contributed by atoms with Crippen LogP contribution >= 0.6 is 7.60 Å². The Labute approximate surface area is 112 Å². The molecule has 0 N–H and O–H groups in total. The molecule has 1 atom stereocenters. The van der Waals surface area contributed by atoms with Crippen molar-refractivity contribution in [2.24, 2.45) is 0 Å². The van der Waals surface area contributed by atoms with Crippen LogP contribution in [-0.2, 0) is 18.6 Å². The Kier molecular flexibility index (Phi) is 5.90. The monoisotopic (exact) mass is 244 g/mol. The molecule has 0 aliphatic carbocycles. The van der Waals surface area contributed by atoms with E-state index in [1.807, 2.05) is 0 Å². The summed E-state index contributed by atoms with van der Waals surface area (Å²) in [5.41, 5.74) is 0. The van der Waals surface area contributed by atoms with Crippen molar-refractivity contribution in [3.8, 4) is 0 Å². The summed E-state index contributed by atoms with van der Waals surface area (Å²) in [5, 5.41) is 0. The van der Waals surface area contributed by atoms with Gasteiger partial charge in [0.1, 0.15) is 19.6 Å². The van der Waals surface area contributed by atoms with Gasteiger partial charge in [0.05, 0.1) is 12.8 Å². The summed E-state index contributed by atoms with van der Waals surface area (Å²) in [6.45, 7) is 5.16. The summed E-state index contributed by atoms with van der Waals surface area (Å²) < 4.78 is 26.1. The molecule has 1 heterocycles. The molecule has 0 spiro atoms. The first kappa shape index (κ1) is 15.5. The van der Waals surface area contributed by atoms with E-state index in [-0.39, 0.29) is 48.1 Å². The van der Waals surface area contributed by atoms with Crippen LogP contribution in [0.1, 0.15) is 20.8 Å². The van der Waals surface area contributed by atoms with Crippen LogP contribution in [0, 0.1) is 0 Å². The largest absolute Gasteiger partial charge is 1.00 e. The smallest absolute Gasteiger partial charge is 0.778 e. The maximum atomic E-state index is 11.2. The summed E-state index contributed by atoms with van der Waals surface area (Å²) in [5.74, 6) is -0.497. The zero-order valence-corrected chi connectivity index (χ0v) is 12.4. The summed E-state index contributed by atoms with van der Waals surface area (Å²) in [6, 6.07) is 0. The molecule has 0 saturated carbocycles. The average Bonchev–Trinajstić information content (AvgIpc) is 2.28. The Bertz CT molecular complexity index is 289. The van der Waals surface area contributed by atoms with Crippen molar-refractivity contribution in [2.75, 3.05) is 12.8 Å². The van der Waals surface area contributed by atoms with Gasteiger partial charge in [-0.15, -0.1) is 0 Å². The van der Waals surface area contributed by atoms with Crippen molar-refractivity contribution in [1.29, 1.82) is 0 Å². The van der Waals surface area contributed by atoms with Crippen LogP contribution in [0.4, 0.5) is 0 Å². The van der Waals surface area contributed by atoms with Gasteiger partial charge in [-0.3, -0.25) is 0 Å². The molecule has 0 amide bonds. The van der Waals surface area contributed by atoms with Crippen molar-refractivity contribution in [3.63, 3.8) is 0 Å². The van der Waals surface area contributed by atoms with Gasteiger partial charge in [0.25, 0.3) is 0 Å². The molecule has 0 aromatic heterocycles. The molecule has 0 aromatic rings. The molecule has 0 bridgehead atoms. The number of allylic oxidation sites excluding steroid dienone is 1. The molecular weight excluding hydrogens is 230 g/mol. The summed E-state index contributed by atoms with van der Waals surface area (Å²) in [6.07, 6.45) is 1.05. The van der Waals surface area contributed by atoms with Crippen LogP contribution < -0.4 is 34.5 Å². The van der Waals surface area contributed by atoms with Gasteiger partial charge in [-0.25, -0.2) is 0 Å². The van der Waals surface area contributed by atoms with Crippen LogP contribution in [0.2, 0.25) is 0 Å². The summed E-state index contributed by atoms with van der Waals surface area (Å²) >= 11 is 0. The van der Waals surface area contributed by atoms with Crippen molar-refractivity contribution in [1.82, 2.24) is 0 Å². The third kappa shape index (κ3) is 5.38. The van der Waals surface area contributed by atoms with E-state index in [0.29, 0.717) is 0 Å². The second-order valence-corrected chi connectivity index (χ2v) is 5.19. The average molecular weight is 244 g/mol. The van der Waals surface area contributed by atoms with Gasteiger partial charge < -0.3 is 23.5 Å². The summed E-state index contributed by atoms with van der Waals surface area (Å²) in [4.78, 5) is 11.2. The predicted octanol–water partition coefficient (Wildman–Crippen LogP) is -1.80. The molecule has 0 aromatic carbocycles. The molecule has 1 aliphatic heterocycles. The van der Waals surface area contributed by atoms with Crippen LogP contribution in [-0.4, -0.2) is 18.6 Å². The van der Waals surface area contributed by atoms with Crippen molar-refractivity contribution in [2.45, 2.75) is 26.6 Å². The van der Waals surface area contributed by atoms with Gasteiger partial charge in [0.2, 0.25) is 5.79 Å². The zero-order valence-electron chi connectivity index (χ0n) is 9.48. The van der Waals surface area contributed by atoms with Crippen molar-refractivity contribution in [3.05, 3.63) is 12.0 Å². The first-order valence-corrected chi connectivity index (χ1v) is 6.08. The van der Waals surface area contributed by atoms with Crippen LogP contribution in [0.5, 0.6) is 0 Å². The molecule has 7 heteroatoms. The van der Waals surface area contributed by atoms with Crippen LogP contribution in [0.25, 0.3) is 0 Å². The molecule has 1 rings (SSSR count). The normalized spacial score (nSPS) is 21.7. The number of hydrogen-bond acceptors (Lipinski definition) is 5. The first-order chi connectivity index (χ1) is 6.35. The van der Waals surface area contributed by atoms with Crippen molar-refractivity contribution >= 4 is 7.60 Å². The van der Waals surface area contributed by atoms with E-state index in [4.69, 9.17) is 9.47 Å². The quantitative estimate of drug-likeness (QED) is 0.431. The topological polar surface area (TPSA) is 67.8 Å². The van der Waals surface area contributed by atoms with Crippen LogP contribution in [0.15, 0.2) is 12.0 Å². The fourth-order valence-electron chi connectivity index (χ4n) is 1.07. The molecule has 1 aliphatic rings. The number of rotatable bonds is 4. The van der Waals surface area contributed by atoms with E-state index in [9.17, 15) is 9.46 Å². The third-order valence-electron chi connectivity index (χ3n) is 1.53. The Morgan fingerprint density at radius 3 is 2.60 bits per heavy atom. The van der Waals surface area contributed by atoms with Gasteiger partial charge in [-0.2, -0.15) is 0 Å². The van der Waals surface area contributed by atoms with E-state index in [0.717, 1.165) is 0 Å². The van der Waals surface area contributed by atoms with E-state index in [1.165, 1.54) is 6.26 Å². The molecule has 5 nitrogen and oxygen atoms in total. The van der Waals surface area contributed by atoms with Gasteiger partial charge in [-0.05, 0) is 6.92 Å². The van der Waals surface area contributed by atoms with E-state index in [1.54, 1.807) is 20.8 Å². The standard InChI is InChI=1S/C8H15O5P.Na/c1-4-12-14(9,10)6-7-5-11-8(2,3)13-7;/h5H,4,6H2,1-3H3,(H,9,10);/q;+1/p-1. The minimum atomic E-state index is -3.82. The minimum Gasteiger partial charge on any atom is -0.778 e. The number of hydrogen-bond donors (Lipinski definition) is 0. The van der Waals surface area contributed by atoms with Gasteiger partial charge in [0, 0.05) is 13.8 Å². The third-order valence-corrected chi connectivity index (χ3v) is 2.88. The Morgan fingerprint density at radius 2 is 2.20 bits per heavy atom. The fourth-order valence-corrected chi connectivity index (χ4v) is 2.08. The maximum Gasteiger partial charge on any atom is 1.00 e. The summed E-state index contributed by atoms with van der Waals surface area (Å²) in [7, 11) is -3.82.